The molecule has 2 heterocycles. The van der Waals surface area contributed by atoms with Gasteiger partial charge in [-0.2, -0.15) is 4.98 Å². The number of anilines is 1. The fraction of sp³-hybridized carbons (Fsp3) is 0.143. The molecule has 0 saturated heterocycles. The van der Waals surface area contributed by atoms with Crippen LogP contribution in [0.3, 0.4) is 0 Å². The molecule has 0 spiro atoms. The van der Waals surface area contributed by atoms with Crippen LogP contribution < -0.4 is 5.32 Å². The first-order valence-electron chi connectivity index (χ1n) is 8.88. The highest BCUT2D eigenvalue weighted by atomic mass is 32.1. The van der Waals surface area contributed by atoms with Gasteiger partial charge in [-0.1, -0.05) is 47.6 Å². The average molecular weight is 390 g/mol. The van der Waals surface area contributed by atoms with Gasteiger partial charge >= 0.3 is 0 Å². The Morgan fingerprint density at radius 1 is 1.07 bits per heavy atom. The number of nitrogens with zero attached hydrogens (tertiary/aromatic N) is 3. The molecule has 4 aromatic rings. The zero-order valence-corrected chi connectivity index (χ0v) is 16.1. The summed E-state index contributed by atoms with van der Waals surface area (Å²) < 4.78 is 5.25. The SMILES string of the molecule is Cc1nc(-c2cccc(NC(=O)CCc3nc(-c4ccccc4)no3)c2)cs1. The lowest BCUT2D eigenvalue weighted by atomic mass is 10.1. The number of thiazole rings is 1. The van der Waals surface area contributed by atoms with E-state index in [1.165, 1.54) is 0 Å². The molecule has 0 aliphatic carbocycles. The molecule has 2 aromatic heterocycles. The Bertz CT molecular complexity index is 1090. The summed E-state index contributed by atoms with van der Waals surface area (Å²) in [7, 11) is 0. The zero-order valence-electron chi connectivity index (χ0n) is 15.3. The first-order valence-corrected chi connectivity index (χ1v) is 9.76. The van der Waals surface area contributed by atoms with E-state index in [0.717, 1.165) is 27.5 Å². The van der Waals surface area contributed by atoms with Crippen LogP contribution in [0.5, 0.6) is 0 Å². The van der Waals surface area contributed by atoms with Crippen molar-refractivity contribution >= 4 is 22.9 Å². The molecule has 0 aliphatic rings. The van der Waals surface area contributed by atoms with Gasteiger partial charge in [0.1, 0.15) is 0 Å². The summed E-state index contributed by atoms with van der Waals surface area (Å²) in [5, 5.41) is 9.91. The van der Waals surface area contributed by atoms with E-state index >= 15 is 0 Å². The number of benzene rings is 2. The Labute approximate surface area is 166 Å². The van der Waals surface area contributed by atoms with Crippen LogP contribution in [0.4, 0.5) is 5.69 Å². The molecule has 140 valence electrons. The molecule has 0 unspecified atom stereocenters. The normalized spacial score (nSPS) is 10.8. The maximum absolute atomic E-state index is 12.3. The van der Waals surface area contributed by atoms with Crippen LogP contribution in [0.1, 0.15) is 17.3 Å². The van der Waals surface area contributed by atoms with Crippen molar-refractivity contribution in [3.63, 3.8) is 0 Å². The van der Waals surface area contributed by atoms with Gasteiger partial charge in [-0.25, -0.2) is 4.98 Å². The standard InChI is InChI=1S/C21H18N4O2S/c1-14-22-18(13-28-14)16-8-5-9-17(12-16)23-19(26)10-11-20-24-21(25-27-20)15-6-3-2-4-7-15/h2-9,12-13H,10-11H2,1H3,(H,23,26). The average Bonchev–Trinajstić information content (AvgIpc) is 3.36. The van der Waals surface area contributed by atoms with Gasteiger partial charge in [0, 0.05) is 35.0 Å². The van der Waals surface area contributed by atoms with Crippen molar-refractivity contribution in [2.75, 3.05) is 5.32 Å². The minimum atomic E-state index is -0.105. The number of hydrogen-bond donors (Lipinski definition) is 1. The lowest BCUT2D eigenvalue weighted by molar-refractivity contribution is -0.116. The largest absolute Gasteiger partial charge is 0.339 e. The third kappa shape index (κ3) is 4.32. The van der Waals surface area contributed by atoms with Crippen molar-refractivity contribution in [1.82, 2.24) is 15.1 Å². The third-order valence-corrected chi connectivity index (χ3v) is 4.90. The Morgan fingerprint density at radius 3 is 2.68 bits per heavy atom. The quantitative estimate of drug-likeness (QED) is 0.514. The third-order valence-electron chi connectivity index (χ3n) is 4.13. The molecular weight excluding hydrogens is 372 g/mol. The van der Waals surface area contributed by atoms with Gasteiger partial charge in [0.25, 0.3) is 0 Å². The van der Waals surface area contributed by atoms with Crippen molar-refractivity contribution in [3.05, 3.63) is 70.9 Å². The summed E-state index contributed by atoms with van der Waals surface area (Å²) in [4.78, 5) is 21.1. The van der Waals surface area contributed by atoms with Crippen molar-refractivity contribution in [3.8, 4) is 22.6 Å². The van der Waals surface area contributed by atoms with Crippen LogP contribution in [-0.2, 0) is 11.2 Å². The van der Waals surface area contributed by atoms with Crippen LogP contribution >= 0.6 is 11.3 Å². The number of rotatable bonds is 6. The number of nitrogens with one attached hydrogen (secondary N) is 1. The summed E-state index contributed by atoms with van der Waals surface area (Å²) in [5.74, 6) is 0.869. The van der Waals surface area contributed by atoms with Gasteiger partial charge in [0.05, 0.1) is 10.7 Å². The maximum Gasteiger partial charge on any atom is 0.227 e. The van der Waals surface area contributed by atoms with Crippen molar-refractivity contribution < 1.29 is 9.32 Å². The van der Waals surface area contributed by atoms with Gasteiger partial charge in [0.15, 0.2) is 0 Å². The van der Waals surface area contributed by atoms with Crippen LogP contribution in [-0.4, -0.2) is 21.0 Å². The number of amides is 1. The maximum atomic E-state index is 12.3. The smallest absolute Gasteiger partial charge is 0.227 e. The van der Waals surface area contributed by atoms with E-state index in [-0.39, 0.29) is 12.3 Å². The first-order chi connectivity index (χ1) is 13.7. The minimum Gasteiger partial charge on any atom is -0.339 e. The van der Waals surface area contributed by atoms with E-state index in [2.05, 4.69) is 20.4 Å². The van der Waals surface area contributed by atoms with E-state index < -0.39 is 0 Å². The van der Waals surface area contributed by atoms with E-state index in [0.29, 0.717) is 18.1 Å². The van der Waals surface area contributed by atoms with E-state index in [9.17, 15) is 4.79 Å². The summed E-state index contributed by atoms with van der Waals surface area (Å²) in [6.45, 7) is 1.97. The molecule has 0 atom stereocenters. The summed E-state index contributed by atoms with van der Waals surface area (Å²) >= 11 is 1.60. The Morgan fingerprint density at radius 2 is 1.89 bits per heavy atom. The molecule has 0 fully saturated rings. The summed E-state index contributed by atoms with van der Waals surface area (Å²) in [6.07, 6.45) is 0.646. The van der Waals surface area contributed by atoms with Crippen LogP contribution in [0.2, 0.25) is 0 Å². The minimum absolute atomic E-state index is 0.105. The molecule has 28 heavy (non-hydrogen) atoms. The summed E-state index contributed by atoms with van der Waals surface area (Å²) in [5.41, 5.74) is 3.52. The van der Waals surface area contributed by atoms with E-state index in [1.807, 2.05) is 66.9 Å². The molecule has 1 amide bonds. The van der Waals surface area contributed by atoms with Crippen molar-refractivity contribution in [2.24, 2.45) is 0 Å². The number of aryl methyl sites for hydroxylation is 2. The molecule has 6 nitrogen and oxygen atoms in total. The number of aromatic nitrogens is 3. The predicted molar refractivity (Wildman–Crippen MR) is 109 cm³/mol. The van der Waals surface area contributed by atoms with Crippen molar-refractivity contribution in [2.45, 2.75) is 19.8 Å². The molecule has 4 rings (SSSR count). The molecular formula is C21H18N4O2S. The lowest BCUT2D eigenvalue weighted by Gasteiger charge is -2.06. The van der Waals surface area contributed by atoms with Crippen LogP contribution in [0, 0.1) is 6.92 Å². The fourth-order valence-electron chi connectivity index (χ4n) is 2.76. The number of hydrogen-bond acceptors (Lipinski definition) is 6. The molecule has 0 saturated carbocycles. The van der Waals surface area contributed by atoms with Crippen molar-refractivity contribution in [1.29, 1.82) is 0 Å². The molecule has 0 aliphatic heterocycles. The zero-order chi connectivity index (χ0) is 19.3. The molecule has 0 radical (unpaired) electrons. The highest BCUT2D eigenvalue weighted by molar-refractivity contribution is 7.09. The lowest BCUT2D eigenvalue weighted by Crippen LogP contribution is -2.12. The molecule has 1 N–H and O–H groups in total. The Balaban J connectivity index is 1.36. The van der Waals surface area contributed by atoms with E-state index in [1.54, 1.807) is 11.3 Å². The number of carbonyl (C=O) groups excluding carboxylic acids is 1. The second-order valence-electron chi connectivity index (χ2n) is 6.26. The van der Waals surface area contributed by atoms with E-state index in [4.69, 9.17) is 4.52 Å². The highest BCUT2D eigenvalue weighted by Crippen LogP contribution is 2.24. The fourth-order valence-corrected chi connectivity index (χ4v) is 3.38. The number of carbonyl (C=O) groups is 1. The van der Waals surface area contributed by atoms with Gasteiger partial charge < -0.3 is 9.84 Å². The molecule has 0 bridgehead atoms. The Hall–Kier alpha value is -3.32. The monoisotopic (exact) mass is 390 g/mol. The molecule has 7 heteroatoms. The van der Waals surface area contributed by atoms with Gasteiger partial charge in [-0.3, -0.25) is 4.79 Å². The van der Waals surface area contributed by atoms with Gasteiger partial charge in [-0.15, -0.1) is 11.3 Å². The summed E-state index contributed by atoms with van der Waals surface area (Å²) in [6, 6.07) is 17.3. The highest BCUT2D eigenvalue weighted by Gasteiger charge is 2.11. The van der Waals surface area contributed by atoms with Gasteiger partial charge in [-0.05, 0) is 19.1 Å². The van der Waals surface area contributed by atoms with Crippen LogP contribution in [0.25, 0.3) is 22.6 Å². The second-order valence-corrected chi connectivity index (χ2v) is 7.32. The topological polar surface area (TPSA) is 80.9 Å². The predicted octanol–water partition coefficient (Wildman–Crippen LogP) is 4.74. The first kappa shape index (κ1) is 18.1. The molecule has 2 aromatic carbocycles. The Kier molecular flexibility index (Phi) is 5.25. The second kappa shape index (κ2) is 8.14. The van der Waals surface area contributed by atoms with Gasteiger partial charge in [0.2, 0.25) is 17.6 Å². The van der Waals surface area contributed by atoms with Crippen LogP contribution in [0.15, 0.2) is 64.5 Å².